The van der Waals surface area contributed by atoms with Crippen molar-refractivity contribution in [2.45, 2.75) is 322 Å². The van der Waals surface area contributed by atoms with Crippen LogP contribution in [0, 0.1) is 0 Å². The smallest absolute Gasteiger partial charge is 0.306 e. The first-order valence-electron chi connectivity index (χ1n) is 26.8. The Hall–Kier alpha value is -1.14. The Kier molecular flexibility index (Phi) is 47.0. The van der Waals surface area contributed by atoms with Gasteiger partial charge in [0.25, 0.3) is 0 Å². The summed E-state index contributed by atoms with van der Waals surface area (Å²) in [6.07, 6.45) is 51.7. The Labute approximate surface area is 368 Å². The van der Waals surface area contributed by atoms with Crippen LogP contribution in [0.3, 0.4) is 0 Å². The third-order valence-electron chi connectivity index (χ3n) is 12.7. The molecule has 0 aromatic heterocycles. The van der Waals surface area contributed by atoms with Crippen molar-refractivity contribution in [3.05, 3.63) is 0 Å². The van der Waals surface area contributed by atoms with E-state index in [1.54, 1.807) is 0 Å². The fourth-order valence-electron chi connectivity index (χ4n) is 8.61. The van der Waals surface area contributed by atoms with E-state index < -0.39 is 18.2 Å². The zero-order chi connectivity index (χ0) is 43.1. The number of hydrogen-bond acceptors (Lipinski definition) is 5. The first-order valence-corrected chi connectivity index (χ1v) is 26.8. The van der Waals surface area contributed by atoms with Crippen molar-refractivity contribution in [1.82, 2.24) is 5.32 Å². The van der Waals surface area contributed by atoms with Crippen molar-refractivity contribution in [3.63, 3.8) is 0 Å². The highest BCUT2D eigenvalue weighted by Crippen LogP contribution is 2.19. The molecule has 0 aliphatic heterocycles. The molecule has 0 aliphatic rings. The zero-order valence-electron chi connectivity index (χ0n) is 40.2. The Morgan fingerprint density at radius 3 is 1.03 bits per heavy atom. The highest BCUT2D eigenvalue weighted by molar-refractivity contribution is 5.77. The van der Waals surface area contributed by atoms with E-state index in [0.29, 0.717) is 19.3 Å². The van der Waals surface area contributed by atoms with E-state index in [0.717, 1.165) is 38.5 Å². The van der Waals surface area contributed by atoms with Crippen LogP contribution in [0.2, 0.25) is 0 Å². The molecule has 3 N–H and O–H groups in total. The normalized spacial score (nSPS) is 13.1. The minimum absolute atomic E-state index is 0.0868. The lowest BCUT2D eigenvalue weighted by Crippen LogP contribution is -2.46. The number of aliphatic hydroxyl groups is 2. The number of carbonyl (C=O) groups excluding carboxylic acids is 2. The van der Waals surface area contributed by atoms with Crippen LogP contribution in [0.15, 0.2) is 0 Å². The van der Waals surface area contributed by atoms with Gasteiger partial charge in [0.1, 0.15) is 6.10 Å². The third kappa shape index (κ3) is 43.3. The maximum Gasteiger partial charge on any atom is 0.306 e. The maximum absolute atomic E-state index is 13.2. The lowest BCUT2D eigenvalue weighted by Gasteiger charge is -2.24. The largest absolute Gasteiger partial charge is 0.462 e. The molecular formula is C53H105NO5. The molecule has 0 radical (unpaired) electrons. The van der Waals surface area contributed by atoms with Gasteiger partial charge in [-0.2, -0.15) is 0 Å². The molecule has 0 aliphatic carbocycles. The van der Waals surface area contributed by atoms with Gasteiger partial charge in [-0.3, -0.25) is 9.59 Å². The second kappa shape index (κ2) is 47.9. The van der Waals surface area contributed by atoms with Gasteiger partial charge in [0, 0.05) is 6.42 Å². The second-order valence-corrected chi connectivity index (χ2v) is 18.6. The minimum Gasteiger partial charge on any atom is -0.462 e. The van der Waals surface area contributed by atoms with E-state index in [1.165, 1.54) is 218 Å². The molecule has 0 aromatic rings. The van der Waals surface area contributed by atoms with Crippen molar-refractivity contribution < 1.29 is 24.5 Å². The number of ether oxygens (including phenoxy) is 1. The number of esters is 1. The average Bonchev–Trinajstić information content (AvgIpc) is 3.23. The Bertz CT molecular complexity index is 852. The maximum atomic E-state index is 13.2. The molecule has 0 aromatic carbocycles. The van der Waals surface area contributed by atoms with E-state index in [2.05, 4.69) is 26.1 Å². The Morgan fingerprint density at radius 2 is 0.712 bits per heavy atom. The van der Waals surface area contributed by atoms with Gasteiger partial charge in [0.05, 0.1) is 25.2 Å². The molecule has 0 heterocycles. The van der Waals surface area contributed by atoms with Crippen LogP contribution in [0.5, 0.6) is 0 Å². The van der Waals surface area contributed by atoms with Crippen LogP contribution >= 0.6 is 0 Å². The molecule has 6 heteroatoms. The quantitative estimate of drug-likeness (QED) is 0.0419. The van der Waals surface area contributed by atoms with Crippen molar-refractivity contribution in [2.75, 3.05) is 6.61 Å². The molecule has 1 amide bonds. The fraction of sp³-hybridized carbons (Fsp3) is 0.962. The van der Waals surface area contributed by atoms with Crippen LogP contribution in [-0.2, 0) is 14.3 Å². The van der Waals surface area contributed by atoms with Crippen LogP contribution in [-0.4, -0.2) is 46.9 Å². The van der Waals surface area contributed by atoms with E-state index in [4.69, 9.17) is 4.74 Å². The first-order chi connectivity index (χ1) is 29.0. The zero-order valence-corrected chi connectivity index (χ0v) is 40.2. The van der Waals surface area contributed by atoms with Gasteiger partial charge in [-0.15, -0.1) is 0 Å². The third-order valence-corrected chi connectivity index (χ3v) is 12.7. The van der Waals surface area contributed by atoms with Gasteiger partial charge in [0.2, 0.25) is 5.91 Å². The number of carbonyl (C=O) groups is 2. The average molecular weight is 836 g/mol. The Morgan fingerprint density at radius 1 is 0.424 bits per heavy atom. The minimum atomic E-state index is -0.779. The van der Waals surface area contributed by atoms with Crippen molar-refractivity contribution in [1.29, 1.82) is 0 Å². The molecule has 0 bridgehead atoms. The van der Waals surface area contributed by atoms with Gasteiger partial charge in [0.15, 0.2) is 0 Å². The molecule has 352 valence electrons. The van der Waals surface area contributed by atoms with Gasteiger partial charge in [-0.25, -0.2) is 0 Å². The standard InChI is InChI=1S/C53H105NO5/c1-4-7-10-13-16-19-21-23-25-27-29-31-33-36-39-42-45-51(56)50(48-55)54-52(57)47-49(44-41-38-35-18-15-12-9-6-3)59-53(58)46-43-40-37-34-32-30-28-26-24-22-20-17-14-11-8-5-2/h49-51,55-56H,4-48H2,1-3H3,(H,54,57). The summed E-state index contributed by atoms with van der Waals surface area (Å²) in [5.74, 6) is -0.454. The molecule has 3 unspecified atom stereocenters. The summed E-state index contributed by atoms with van der Waals surface area (Å²) >= 11 is 0. The monoisotopic (exact) mass is 836 g/mol. The van der Waals surface area contributed by atoms with Crippen LogP contribution in [0.4, 0.5) is 0 Å². The number of unbranched alkanes of at least 4 members (excludes halogenated alkanes) is 37. The lowest BCUT2D eigenvalue weighted by atomic mass is 10.0. The fourth-order valence-corrected chi connectivity index (χ4v) is 8.61. The number of rotatable bonds is 49. The summed E-state index contributed by atoms with van der Waals surface area (Å²) in [5, 5.41) is 23.8. The summed E-state index contributed by atoms with van der Waals surface area (Å²) in [5.41, 5.74) is 0. The van der Waals surface area contributed by atoms with Gasteiger partial charge in [-0.05, 0) is 25.7 Å². The molecule has 0 fully saturated rings. The summed E-state index contributed by atoms with van der Waals surface area (Å²) in [6.45, 7) is 6.50. The van der Waals surface area contributed by atoms with E-state index in [-0.39, 0.29) is 24.9 Å². The predicted octanol–water partition coefficient (Wildman–Crippen LogP) is 16.0. The number of aliphatic hydroxyl groups excluding tert-OH is 2. The van der Waals surface area contributed by atoms with Gasteiger partial charge in [-0.1, -0.05) is 265 Å². The molecule has 3 atom stereocenters. The first kappa shape index (κ1) is 57.9. The number of amides is 1. The summed E-state index contributed by atoms with van der Waals surface area (Å²) in [4.78, 5) is 26.1. The molecule has 0 spiro atoms. The lowest BCUT2D eigenvalue weighted by molar-refractivity contribution is -0.151. The second-order valence-electron chi connectivity index (χ2n) is 18.6. The summed E-state index contributed by atoms with van der Waals surface area (Å²) < 4.78 is 5.92. The van der Waals surface area contributed by atoms with Crippen molar-refractivity contribution in [2.24, 2.45) is 0 Å². The molecule has 0 saturated carbocycles. The summed E-state index contributed by atoms with van der Waals surface area (Å²) in [7, 11) is 0. The van der Waals surface area contributed by atoms with E-state index >= 15 is 0 Å². The van der Waals surface area contributed by atoms with Crippen molar-refractivity contribution in [3.8, 4) is 0 Å². The highest BCUT2D eigenvalue weighted by atomic mass is 16.5. The molecule has 0 saturated heterocycles. The SMILES string of the molecule is CCCCCCCCCCCCCCCCCCC(=O)OC(CCCCCCCCCC)CC(=O)NC(CO)C(O)CCCCCCCCCCCCCCCCCC. The van der Waals surface area contributed by atoms with E-state index in [9.17, 15) is 19.8 Å². The molecule has 6 nitrogen and oxygen atoms in total. The van der Waals surface area contributed by atoms with Gasteiger partial charge < -0.3 is 20.3 Å². The van der Waals surface area contributed by atoms with Gasteiger partial charge >= 0.3 is 5.97 Å². The Balaban J connectivity index is 4.32. The van der Waals surface area contributed by atoms with Crippen molar-refractivity contribution >= 4 is 11.9 Å². The molecular weight excluding hydrogens is 731 g/mol. The highest BCUT2D eigenvalue weighted by Gasteiger charge is 2.24. The van der Waals surface area contributed by atoms with Crippen LogP contribution in [0.25, 0.3) is 0 Å². The number of hydrogen-bond donors (Lipinski definition) is 3. The molecule has 59 heavy (non-hydrogen) atoms. The van der Waals surface area contributed by atoms with Crippen LogP contribution in [0.1, 0.15) is 303 Å². The summed E-state index contributed by atoms with van der Waals surface area (Å²) in [6, 6.07) is -0.691. The van der Waals surface area contributed by atoms with E-state index in [1.807, 2.05) is 0 Å². The predicted molar refractivity (Wildman–Crippen MR) is 255 cm³/mol. The topological polar surface area (TPSA) is 95.9 Å². The number of nitrogens with one attached hydrogen (secondary N) is 1. The molecule has 0 rings (SSSR count). The van der Waals surface area contributed by atoms with Crippen LogP contribution < -0.4 is 5.32 Å².